The first-order valence-electron chi connectivity index (χ1n) is 11.2. The Labute approximate surface area is 188 Å². The average molecular weight is 435 g/mol. The number of carbonyl (C=O) groups excluding carboxylic acids is 2. The molecule has 0 bridgehead atoms. The summed E-state index contributed by atoms with van der Waals surface area (Å²) in [5, 5.41) is 4.22. The van der Waals surface area contributed by atoms with Gasteiger partial charge < -0.3 is 19.4 Å². The van der Waals surface area contributed by atoms with Crippen LogP contribution in [0.4, 0.5) is 0 Å². The summed E-state index contributed by atoms with van der Waals surface area (Å²) in [6.45, 7) is 1.38. The monoisotopic (exact) mass is 434 g/mol. The molecule has 1 heterocycles. The molecule has 0 aliphatic heterocycles. The van der Waals surface area contributed by atoms with E-state index in [1.807, 2.05) is 18.3 Å². The van der Waals surface area contributed by atoms with Crippen LogP contribution in [0, 0.1) is 5.92 Å². The highest BCUT2D eigenvalue weighted by molar-refractivity contribution is 5.90. The first-order chi connectivity index (χ1) is 15.6. The zero-order chi connectivity index (χ0) is 22.5. The number of nitrogens with one attached hydrogen (secondary N) is 1. The normalized spacial score (nSPS) is 13.9. The summed E-state index contributed by atoms with van der Waals surface area (Å²) in [5.41, 5.74) is 3.47. The van der Waals surface area contributed by atoms with Crippen molar-refractivity contribution in [1.82, 2.24) is 9.88 Å². The lowest BCUT2D eigenvalue weighted by Crippen LogP contribution is -2.29. The van der Waals surface area contributed by atoms with Gasteiger partial charge in [-0.15, -0.1) is 0 Å². The number of nitrogens with zero attached hydrogens (tertiary/aromatic N) is 1. The van der Waals surface area contributed by atoms with Crippen molar-refractivity contribution in [3.05, 3.63) is 65.4 Å². The number of ether oxygens (including phenoxy) is 2. The quantitative estimate of drug-likeness (QED) is 0.536. The molecule has 0 saturated heterocycles. The molecule has 1 aliphatic carbocycles. The largest absolute Gasteiger partial charge is 0.496 e. The third-order valence-electron chi connectivity index (χ3n) is 6.31. The van der Waals surface area contributed by atoms with E-state index in [0.717, 1.165) is 28.6 Å². The minimum Gasteiger partial charge on any atom is -0.496 e. The van der Waals surface area contributed by atoms with Gasteiger partial charge >= 0.3 is 5.97 Å². The van der Waals surface area contributed by atoms with Crippen molar-refractivity contribution < 1.29 is 19.1 Å². The Kier molecular flexibility index (Phi) is 6.78. The third kappa shape index (κ3) is 4.96. The summed E-state index contributed by atoms with van der Waals surface area (Å²) in [4.78, 5) is 24.3. The highest BCUT2D eigenvalue weighted by Gasteiger charge is 2.16. The fourth-order valence-corrected chi connectivity index (χ4v) is 4.50. The average Bonchev–Trinajstić information content (AvgIpc) is 3.47. The fraction of sp³-hybridized carbons (Fsp3) is 0.385. The van der Waals surface area contributed by atoms with Crippen LogP contribution in [0.2, 0.25) is 0 Å². The van der Waals surface area contributed by atoms with Gasteiger partial charge in [-0.05, 0) is 54.0 Å². The predicted molar refractivity (Wildman–Crippen MR) is 124 cm³/mol. The number of methoxy groups -OCH3 is 2. The van der Waals surface area contributed by atoms with Crippen molar-refractivity contribution in [3.63, 3.8) is 0 Å². The van der Waals surface area contributed by atoms with E-state index in [1.165, 1.54) is 32.8 Å². The first-order valence-corrected chi connectivity index (χ1v) is 11.2. The van der Waals surface area contributed by atoms with Gasteiger partial charge in [0.15, 0.2) is 0 Å². The van der Waals surface area contributed by atoms with Gasteiger partial charge in [-0.2, -0.15) is 0 Å². The van der Waals surface area contributed by atoms with Crippen LogP contribution in [-0.4, -0.2) is 37.2 Å². The lowest BCUT2D eigenvalue weighted by atomic mass is 10.1. The van der Waals surface area contributed by atoms with Gasteiger partial charge in [0, 0.05) is 23.8 Å². The standard InChI is InChI=1S/C26H30N2O4/c1-31-24-15-21(26(30)32-2)9-10-22(24)17-28-12-11-20-8-7-19(13-23(20)28)14-25(29)27-16-18-5-3-4-6-18/h7-13,15,18H,3-6,14,16-17H2,1-2H3,(H,27,29). The molecule has 0 spiro atoms. The summed E-state index contributed by atoms with van der Waals surface area (Å²) in [7, 11) is 2.96. The second-order valence-electron chi connectivity index (χ2n) is 8.49. The van der Waals surface area contributed by atoms with Crippen LogP contribution in [-0.2, 0) is 22.5 Å². The van der Waals surface area contributed by atoms with Crippen LogP contribution in [0.1, 0.15) is 47.2 Å². The van der Waals surface area contributed by atoms with Crippen LogP contribution in [0.3, 0.4) is 0 Å². The van der Waals surface area contributed by atoms with E-state index in [1.54, 1.807) is 19.2 Å². The van der Waals surface area contributed by atoms with Gasteiger partial charge in [0.1, 0.15) is 5.75 Å². The van der Waals surface area contributed by atoms with Crippen LogP contribution in [0.15, 0.2) is 48.7 Å². The summed E-state index contributed by atoms with van der Waals surface area (Å²) in [5.74, 6) is 0.961. The molecule has 3 aromatic rings. The van der Waals surface area contributed by atoms with Crippen LogP contribution in [0.5, 0.6) is 5.75 Å². The smallest absolute Gasteiger partial charge is 0.337 e. The van der Waals surface area contributed by atoms with Gasteiger partial charge in [-0.1, -0.05) is 31.0 Å². The number of aromatic nitrogens is 1. The molecular formula is C26H30N2O4. The molecular weight excluding hydrogens is 404 g/mol. The number of benzene rings is 2. The fourth-order valence-electron chi connectivity index (χ4n) is 4.50. The second kappa shape index (κ2) is 9.90. The Bertz CT molecular complexity index is 1110. The molecule has 0 atom stereocenters. The van der Waals surface area contributed by atoms with Gasteiger partial charge in [-0.3, -0.25) is 4.79 Å². The Morgan fingerprint density at radius 3 is 2.62 bits per heavy atom. The molecule has 4 rings (SSSR count). The SMILES string of the molecule is COC(=O)c1ccc(Cn2ccc3ccc(CC(=O)NCC4CCCC4)cc32)c(OC)c1. The molecule has 1 amide bonds. The number of hydrogen-bond donors (Lipinski definition) is 1. The molecule has 168 valence electrons. The van der Waals surface area contributed by atoms with Crippen LogP contribution >= 0.6 is 0 Å². The number of amides is 1. The van der Waals surface area contributed by atoms with Gasteiger partial charge in [0.2, 0.25) is 5.91 Å². The highest BCUT2D eigenvalue weighted by atomic mass is 16.5. The van der Waals surface area contributed by atoms with Crippen molar-refractivity contribution in [1.29, 1.82) is 0 Å². The summed E-state index contributed by atoms with van der Waals surface area (Å²) >= 11 is 0. The van der Waals surface area contributed by atoms with Gasteiger partial charge in [-0.25, -0.2) is 4.79 Å². The number of hydrogen-bond acceptors (Lipinski definition) is 4. The summed E-state index contributed by atoms with van der Waals surface area (Å²) in [6.07, 6.45) is 7.43. The molecule has 1 fully saturated rings. The van der Waals surface area contributed by atoms with Crippen molar-refractivity contribution in [2.24, 2.45) is 5.92 Å². The molecule has 1 N–H and O–H groups in total. The number of fused-ring (bicyclic) bond motifs is 1. The van der Waals surface area contributed by atoms with Gasteiger partial charge in [0.25, 0.3) is 0 Å². The van der Waals surface area contributed by atoms with E-state index in [0.29, 0.717) is 30.2 Å². The minimum atomic E-state index is -0.392. The van der Waals surface area contributed by atoms with Crippen molar-refractivity contribution in [2.75, 3.05) is 20.8 Å². The Morgan fingerprint density at radius 2 is 1.88 bits per heavy atom. The minimum absolute atomic E-state index is 0.0782. The Morgan fingerprint density at radius 1 is 1.06 bits per heavy atom. The zero-order valence-corrected chi connectivity index (χ0v) is 18.7. The van der Waals surface area contributed by atoms with E-state index in [9.17, 15) is 9.59 Å². The lowest BCUT2D eigenvalue weighted by molar-refractivity contribution is -0.120. The molecule has 32 heavy (non-hydrogen) atoms. The molecule has 6 heteroatoms. The van der Waals surface area contributed by atoms with Crippen LogP contribution < -0.4 is 10.1 Å². The molecule has 1 aromatic heterocycles. The lowest BCUT2D eigenvalue weighted by Gasteiger charge is -2.13. The maximum Gasteiger partial charge on any atom is 0.337 e. The first kappa shape index (κ1) is 21.9. The molecule has 2 aromatic carbocycles. The summed E-state index contributed by atoms with van der Waals surface area (Å²) in [6, 6.07) is 13.6. The zero-order valence-electron chi connectivity index (χ0n) is 18.7. The molecule has 0 unspecified atom stereocenters. The number of rotatable bonds is 8. The van der Waals surface area contributed by atoms with Crippen molar-refractivity contribution in [2.45, 2.75) is 38.6 Å². The van der Waals surface area contributed by atoms with Crippen molar-refractivity contribution in [3.8, 4) is 5.75 Å². The van der Waals surface area contributed by atoms with E-state index < -0.39 is 5.97 Å². The van der Waals surface area contributed by atoms with Gasteiger partial charge in [0.05, 0.1) is 32.7 Å². The second-order valence-corrected chi connectivity index (χ2v) is 8.49. The number of esters is 1. The van der Waals surface area contributed by atoms with E-state index >= 15 is 0 Å². The van der Waals surface area contributed by atoms with E-state index in [-0.39, 0.29) is 5.91 Å². The molecule has 1 aliphatic rings. The van der Waals surface area contributed by atoms with E-state index in [4.69, 9.17) is 9.47 Å². The highest BCUT2D eigenvalue weighted by Crippen LogP contribution is 2.26. The number of carbonyl (C=O) groups is 2. The molecule has 1 saturated carbocycles. The Hall–Kier alpha value is -3.28. The Balaban J connectivity index is 1.49. The van der Waals surface area contributed by atoms with Crippen molar-refractivity contribution >= 4 is 22.8 Å². The summed E-state index contributed by atoms with van der Waals surface area (Å²) < 4.78 is 12.4. The topological polar surface area (TPSA) is 69.6 Å². The maximum absolute atomic E-state index is 12.4. The van der Waals surface area contributed by atoms with Crippen LogP contribution in [0.25, 0.3) is 10.9 Å². The third-order valence-corrected chi connectivity index (χ3v) is 6.31. The predicted octanol–water partition coefficient (Wildman–Crippen LogP) is 4.33. The molecule has 0 radical (unpaired) electrons. The van der Waals surface area contributed by atoms with E-state index in [2.05, 4.69) is 28.1 Å². The maximum atomic E-state index is 12.4. The molecule has 6 nitrogen and oxygen atoms in total.